The average molecular weight is 177 g/mol. The molecule has 0 fully saturated rings. The van der Waals surface area contributed by atoms with Crippen molar-refractivity contribution in [3.63, 3.8) is 0 Å². The second-order valence-electron chi connectivity index (χ2n) is 2.05. The third-order valence-corrected chi connectivity index (χ3v) is 1.12. The zero-order valence-electron chi connectivity index (χ0n) is 7.49. The van der Waals surface area contributed by atoms with Gasteiger partial charge in [-0.05, 0) is 6.92 Å². The van der Waals surface area contributed by atoms with Crippen molar-refractivity contribution in [3.05, 3.63) is 6.61 Å². The highest BCUT2D eigenvalue weighted by Crippen LogP contribution is 1.82. The molecule has 1 N–H and O–H groups in total. The van der Waals surface area contributed by atoms with Crippen LogP contribution in [0.4, 0.5) is 0 Å². The van der Waals surface area contributed by atoms with Crippen molar-refractivity contribution in [2.45, 2.75) is 6.92 Å². The van der Waals surface area contributed by atoms with Crippen molar-refractivity contribution in [3.8, 4) is 0 Å². The first-order chi connectivity index (χ1) is 5.91. The Morgan fingerprint density at radius 2 is 1.58 bits per heavy atom. The number of hydrogen-bond acceptors (Lipinski definition) is 4. The molecule has 0 aromatic heterocycles. The first kappa shape index (κ1) is 11.8. The summed E-state index contributed by atoms with van der Waals surface area (Å²) in [6.07, 6.45) is 0. The second kappa shape index (κ2) is 10.8. The fourth-order valence-electron chi connectivity index (χ4n) is 0.611. The van der Waals surface area contributed by atoms with Crippen LogP contribution in [0.2, 0.25) is 0 Å². The molecule has 4 nitrogen and oxygen atoms in total. The van der Waals surface area contributed by atoms with E-state index in [2.05, 4.69) is 0 Å². The predicted molar refractivity (Wildman–Crippen MR) is 44.6 cm³/mol. The van der Waals surface area contributed by atoms with Gasteiger partial charge in [-0.3, -0.25) is 0 Å². The van der Waals surface area contributed by atoms with Crippen LogP contribution in [0.1, 0.15) is 6.92 Å². The second-order valence-corrected chi connectivity index (χ2v) is 2.05. The molecule has 12 heavy (non-hydrogen) atoms. The molecular formula is C8H17O4. The zero-order chi connectivity index (χ0) is 9.07. The van der Waals surface area contributed by atoms with Crippen molar-refractivity contribution in [2.24, 2.45) is 0 Å². The van der Waals surface area contributed by atoms with Gasteiger partial charge in [0.2, 0.25) is 0 Å². The van der Waals surface area contributed by atoms with Gasteiger partial charge in [0.15, 0.2) is 0 Å². The van der Waals surface area contributed by atoms with Gasteiger partial charge in [0, 0.05) is 0 Å². The van der Waals surface area contributed by atoms with Crippen LogP contribution < -0.4 is 0 Å². The van der Waals surface area contributed by atoms with E-state index in [1.165, 1.54) is 0 Å². The Kier molecular flexibility index (Phi) is 10.7. The molecular weight excluding hydrogens is 160 g/mol. The highest BCUT2D eigenvalue weighted by Gasteiger charge is 1.88. The first-order valence-corrected chi connectivity index (χ1v) is 4.07. The fourth-order valence-corrected chi connectivity index (χ4v) is 0.611. The molecule has 0 aromatic carbocycles. The summed E-state index contributed by atoms with van der Waals surface area (Å²) in [4.78, 5) is 0. The Balaban J connectivity index is 2.73. The van der Waals surface area contributed by atoms with Gasteiger partial charge in [-0.15, -0.1) is 0 Å². The third kappa shape index (κ3) is 9.84. The molecule has 0 saturated heterocycles. The smallest absolute Gasteiger partial charge is 0.0807 e. The van der Waals surface area contributed by atoms with Gasteiger partial charge >= 0.3 is 0 Å². The van der Waals surface area contributed by atoms with E-state index in [0.717, 1.165) is 0 Å². The van der Waals surface area contributed by atoms with Crippen molar-refractivity contribution in [1.29, 1.82) is 0 Å². The molecule has 0 aliphatic heterocycles. The summed E-state index contributed by atoms with van der Waals surface area (Å²) in [6, 6.07) is 0. The fraction of sp³-hybridized carbons (Fsp3) is 0.875. The van der Waals surface area contributed by atoms with E-state index >= 15 is 0 Å². The summed E-state index contributed by atoms with van der Waals surface area (Å²) in [6.45, 7) is 6.12. The van der Waals surface area contributed by atoms with Gasteiger partial charge in [-0.25, -0.2) is 0 Å². The molecule has 0 unspecified atom stereocenters. The number of hydrogen-bond donors (Lipinski definition) is 1. The standard InChI is InChI=1S/C8H17O4/c1-2-10-5-6-12-8-7-11-4-3-9/h2,9H,3-8H2,1H3. The van der Waals surface area contributed by atoms with Gasteiger partial charge in [0.25, 0.3) is 0 Å². The lowest BCUT2D eigenvalue weighted by Gasteiger charge is -2.04. The molecule has 0 saturated carbocycles. The lowest BCUT2D eigenvalue weighted by atomic mass is 10.7. The van der Waals surface area contributed by atoms with Crippen LogP contribution in [-0.2, 0) is 14.2 Å². The van der Waals surface area contributed by atoms with Crippen LogP contribution in [-0.4, -0.2) is 44.7 Å². The Morgan fingerprint density at radius 3 is 2.17 bits per heavy atom. The summed E-state index contributed by atoms with van der Waals surface area (Å²) >= 11 is 0. The van der Waals surface area contributed by atoms with Crippen molar-refractivity contribution < 1.29 is 19.3 Å². The average Bonchev–Trinajstić information content (AvgIpc) is 2.10. The van der Waals surface area contributed by atoms with Gasteiger partial charge in [-0.1, -0.05) is 0 Å². The van der Waals surface area contributed by atoms with E-state index in [4.69, 9.17) is 19.3 Å². The summed E-state index contributed by atoms with van der Waals surface area (Å²) < 4.78 is 15.0. The summed E-state index contributed by atoms with van der Waals surface area (Å²) in [5.41, 5.74) is 0. The Morgan fingerprint density at radius 1 is 1.00 bits per heavy atom. The van der Waals surface area contributed by atoms with E-state index in [0.29, 0.717) is 33.0 Å². The van der Waals surface area contributed by atoms with Crippen molar-refractivity contribution in [1.82, 2.24) is 0 Å². The molecule has 0 atom stereocenters. The zero-order valence-corrected chi connectivity index (χ0v) is 7.49. The number of rotatable bonds is 9. The maximum absolute atomic E-state index is 8.35. The van der Waals surface area contributed by atoms with E-state index in [1.807, 2.05) is 6.92 Å². The summed E-state index contributed by atoms with van der Waals surface area (Å²) in [7, 11) is 0. The predicted octanol–water partition coefficient (Wildman–Crippen LogP) is 0.210. The molecule has 4 heteroatoms. The van der Waals surface area contributed by atoms with E-state index in [1.54, 1.807) is 6.61 Å². The van der Waals surface area contributed by atoms with E-state index in [9.17, 15) is 0 Å². The molecule has 0 aliphatic carbocycles. The van der Waals surface area contributed by atoms with Gasteiger partial charge in [0.05, 0.1) is 46.2 Å². The first-order valence-electron chi connectivity index (χ1n) is 4.07. The van der Waals surface area contributed by atoms with Gasteiger partial charge < -0.3 is 19.3 Å². The van der Waals surface area contributed by atoms with E-state index in [-0.39, 0.29) is 6.61 Å². The third-order valence-electron chi connectivity index (χ3n) is 1.12. The van der Waals surface area contributed by atoms with Crippen molar-refractivity contribution in [2.75, 3.05) is 39.6 Å². The molecule has 0 spiro atoms. The Labute approximate surface area is 73.4 Å². The molecule has 0 amide bonds. The molecule has 0 heterocycles. The number of ether oxygens (including phenoxy) is 3. The monoisotopic (exact) mass is 177 g/mol. The van der Waals surface area contributed by atoms with Gasteiger partial charge in [0.1, 0.15) is 0 Å². The highest BCUT2D eigenvalue weighted by molar-refractivity contribution is 4.36. The van der Waals surface area contributed by atoms with Crippen LogP contribution in [0.15, 0.2) is 0 Å². The quantitative estimate of drug-likeness (QED) is 0.511. The number of aliphatic hydroxyl groups excluding tert-OH is 1. The van der Waals surface area contributed by atoms with Crippen molar-refractivity contribution >= 4 is 0 Å². The lowest BCUT2D eigenvalue weighted by molar-refractivity contribution is 0.0168. The molecule has 0 aliphatic rings. The SMILES string of the molecule is C[CH]OCCOCCOCCO. The molecule has 73 valence electrons. The Bertz CT molecular complexity index is 67.5. The molecule has 0 bridgehead atoms. The van der Waals surface area contributed by atoms with E-state index < -0.39 is 0 Å². The molecule has 0 rings (SSSR count). The largest absolute Gasteiger partial charge is 0.394 e. The van der Waals surface area contributed by atoms with Crippen LogP contribution in [0.25, 0.3) is 0 Å². The highest BCUT2D eigenvalue weighted by atomic mass is 16.5. The maximum Gasteiger partial charge on any atom is 0.0807 e. The summed E-state index contributed by atoms with van der Waals surface area (Å²) in [5.74, 6) is 0. The minimum atomic E-state index is 0.0634. The lowest BCUT2D eigenvalue weighted by Crippen LogP contribution is -2.10. The van der Waals surface area contributed by atoms with Gasteiger partial charge in [-0.2, -0.15) is 0 Å². The normalized spacial score (nSPS) is 10.5. The Hall–Kier alpha value is -0.160. The minimum absolute atomic E-state index is 0.0634. The minimum Gasteiger partial charge on any atom is -0.394 e. The topological polar surface area (TPSA) is 47.9 Å². The van der Waals surface area contributed by atoms with Crippen LogP contribution in [0.3, 0.4) is 0 Å². The molecule has 0 aromatic rings. The van der Waals surface area contributed by atoms with Crippen LogP contribution in [0, 0.1) is 6.61 Å². The number of aliphatic hydroxyl groups is 1. The maximum atomic E-state index is 8.35. The van der Waals surface area contributed by atoms with Crippen LogP contribution in [0.5, 0.6) is 0 Å². The van der Waals surface area contributed by atoms with Crippen LogP contribution >= 0.6 is 0 Å². The summed E-state index contributed by atoms with van der Waals surface area (Å²) in [5, 5.41) is 8.35. The molecule has 1 radical (unpaired) electrons.